The lowest BCUT2D eigenvalue weighted by Gasteiger charge is -2.09. The molecule has 3 aromatic rings. The lowest BCUT2D eigenvalue weighted by Crippen LogP contribution is -2.10. The van der Waals surface area contributed by atoms with Gasteiger partial charge in [0, 0.05) is 16.9 Å². The number of halogens is 1. The average molecular weight is 340 g/mol. The lowest BCUT2D eigenvalue weighted by molar-refractivity contribution is 1.06. The third-order valence-corrected chi connectivity index (χ3v) is 3.26. The van der Waals surface area contributed by atoms with Crippen LogP contribution in [0.5, 0.6) is 0 Å². The number of rotatable bonds is 5. The van der Waals surface area contributed by atoms with Crippen molar-refractivity contribution >= 4 is 40.7 Å². The van der Waals surface area contributed by atoms with E-state index in [0.29, 0.717) is 17.5 Å². The molecule has 0 aliphatic carbocycles. The monoisotopic (exact) mass is 339 g/mol. The summed E-state index contributed by atoms with van der Waals surface area (Å²) < 4.78 is 0. The van der Waals surface area contributed by atoms with Gasteiger partial charge in [-0.25, -0.2) is 0 Å². The van der Waals surface area contributed by atoms with Crippen LogP contribution in [-0.4, -0.2) is 20.8 Å². The van der Waals surface area contributed by atoms with E-state index in [0.717, 1.165) is 11.4 Å². The maximum Gasteiger partial charge on any atom is 0.233 e. The van der Waals surface area contributed by atoms with Crippen molar-refractivity contribution < 1.29 is 0 Å². The number of benzene rings is 2. The predicted molar refractivity (Wildman–Crippen MR) is 95.3 cm³/mol. The van der Waals surface area contributed by atoms with Gasteiger partial charge in [-0.15, -0.1) is 0 Å². The molecular formula is C16H14ClN7. The second kappa shape index (κ2) is 6.93. The van der Waals surface area contributed by atoms with Gasteiger partial charge in [0.2, 0.25) is 17.2 Å². The Hall–Kier alpha value is -3.19. The fourth-order valence-corrected chi connectivity index (χ4v) is 2.13. The molecule has 0 aliphatic heterocycles. The molecule has 0 spiro atoms. The fraction of sp³-hybridized carbons (Fsp3) is 0. The van der Waals surface area contributed by atoms with Crippen LogP contribution in [0.15, 0.2) is 54.6 Å². The van der Waals surface area contributed by atoms with Gasteiger partial charge in [-0.2, -0.15) is 15.0 Å². The smallest absolute Gasteiger partial charge is 0.233 e. The zero-order chi connectivity index (χ0) is 16.9. The predicted octanol–water partition coefficient (Wildman–Crippen LogP) is 3.30. The molecule has 5 N–H and O–H groups in total. The summed E-state index contributed by atoms with van der Waals surface area (Å²) in [6.07, 6.45) is 0. The average Bonchev–Trinajstić information content (AvgIpc) is 2.55. The molecule has 24 heavy (non-hydrogen) atoms. The molecule has 0 amide bonds. The third kappa shape index (κ3) is 3.96. The zero-order valence-corrected chi connectivity index (χ0v) is 13.2. The molecular weight excluding hydrogens is 326 g/mol. The summed E-state index contributed by atoms with van der Waals surface area (Å²) in [7, 11) is 0. The van der Waals surface area contributed by atoms with E-state index in [9.17, 15) is 0 Å². The summed E-state index contributed by atoms with van der Waals surface area (Å²) in [5.41, 5.74) is 7.66. The largest absolute Gasteiger partial charge is 0.384 e. The first-order chi connectivity index (χ1) is 11.6. The summed E-state index contributed by atoms with van der Waals surface area (Å²) in [6.45, 7) is 0. The van der Waals surface area contributed by atoms with Crippen LogP contribution in [0.2, 0.25) is 5.28 Å². The van der Waals surface area contributed by atoms with E-state index in [4.69, 9.17) is 22.7 Å². The van der Waals surface area contributed by atoms with Gasteiger partial charge in [0.05, 0.1) is 0 Å². The zero-order valence-electron chi connectivity index (χ0n) is 12.5. The summed E-state index contributed by atoms with van der Waals surface area (Å²) in [6, 6.07) is 16.5. The van der Waals surface area contributed by atoms with Crippen LogP contribution in [0.25, 0.3) is 0 Å². The number of hydrogen-bond donors (Lipinski definition) is 4. The Labute approximate surface area is 143 Å². The molecule has 8 heteroatoms. The van der Waals surface area contributed by atoms with Gasteiger partial charge in [0.1, 0.15) is 5.84 Å². The van der Waals surface area contributed by atoms with Crippen LogP contribution in [0.1, 0.15) is 5.56 Å². The minimum absolute atomic E-state index is 0.0131. The fourth-order valence-electron chi connectivity index (χ4n) is 1.97. The molecule has 0 radical (unpaired) electrons. The van der Waals surface area contributed by atoms with Crippen molar-refractivity contribution in [3.05, 3.63) is 65.4 Å². The van der Waals surface area contributed by atoms with Gasteiger partial charge < -0.3 is 16.4 Å². The van der Waals surface area contributed by atoms with Gasteiger partial charge in [-0.1, -0.05) is 18.2 Å². The molecule has 1 aromatic heterocycles. The number of para-hydroxylation sites is 1. The summed E-state index contributed by atoms with van der Waals surface area (Å²) in [4.78, 5) is 12.4. The molecule has 0 unspecified atom stereocenters. The molecule has 0 saturated carbocycles. The van der Waals surface area contributed by atoms with Crippen LogP contribution < -0.4 is 16.4 Å². The van der Waals surface area contributed by atoms with E-state index >= 15 is 0 Å². The van der Waals surface area contributed by atoms with Crippen molar-refractivity contribution in [1.82, 2.24) is 15.0 Å². The minimum atomic E-state index is 0.0131. The second-order valence-electron chi connectivity index (χ2n) is 4.86. The highest BCUT2D eigenvalue weighted by atomic mass is 35.5. The highest BCUT2D eigenvalue weighted by molar-refractivity contribution is 6.28. The Morgan fingerprint density at radius 2 is 1.38 bits per heavy atom. The highest BCUT2D eigenvalue weighted by Crippen LogP contribution is 2.18. The van der Waals surface area contributed by atoms with Crippen molar-refractivity contribution in [3.8, 4) is 0 Å². The van der Waals surface area contributed by atoms with E-state index < -0.39 is 0 Å². The van der Waals surface area contributed by atoms with Crippen LogP contribution in [0.3, 0.4) is 0 Å². The number of amidine groups is 1. The van der Waals surface area contributed by atoms with Crippen molar-refractivity contribution in [1.29, 1.82) is 5.41 Å². The number of aromatic nitrogens is 3. The maximum atomic E-state index is 7.39. The number of nitrogens with zero attached hydrogens (tertiary/aromatic N) is 3. The van der Waals surface area contributed by atoms with Gasteiger partial charge >= 0.3 is 0 Å². The van der Waals surface area contributed by atoms with E-state index in [2.05, 4.69) is 25.6 Å². The molecule has 0 aliphatic rings. The molecule has 3 rings (SSSR count). The molecule has 0 bridgehead atoms. The molecule has 1 heterocycles. The quantitative estimate of drug-likeness (QED) is 0.419. The normalized spacial score (nSPS) is 10.2. The first-order valence-electron chi connectivity index (χ1n) is 7.05. The van der Waals surface area contributed by atoms with Crippen LogP contribution in [-0.2, 0) is 0 Å². The van der Waals surface area contributed by atoms with Crippen LogP contribution >= 0.6 is 11.6 Å². The Kier molecular flexibility index (Phi) is 4.53. The lowest BCUT2D eigenvalue weighted by atomic mass is 10.2. The number of anilines is 4. The molecule has 0 saturated heterocycles. The molecule has 0 atom stereocenters. The van der Waals surface area contributed by atoms with Gasteiger partial charge in [0.25, 0.3) is 0 Å². The number of nitrogens with two attached hydrogens (primary N) is 1. The Bertz CT molecular complexity index is 850. The summed E-state index contributed by atoms with van der Waals surface area (Å²) in [5.74, 6) is 0.659. The number of nitrogen functional groups attached to an aromatic ring is 1. The summed E-state index contributed by atoms with van der Waals surface area (Å²) in [5, 5.41) is 13.6. The van der Waals surface area contributed by atoms with Gasteiger partial charge in [-0.05, 0) is 48.0 Å². The van der Waals surface area contributed by atoms with Gasteiger partial charge in [0.15, 0.2) is 0 Å². The number of nitrogens with one attached hydrogen (secondary N) is 3. The standard InChI is InChI=1S/C16H14ClN7/c17-14-22-15(20-11-4-2-1-3-5-11)24-16(23-14)21-12-8-6-10(7-9-12)13(18)19/h1-9H,(H3,18,19)(H2,20,21,22,23,24). The van der Waals surface area contributed by atoms with Crippen molar-refractivity contribution in [2.75, 3.05) is 10.6 Å². The first-order valence-corrected chi connectivity index (χ1v) is 7.43. The molecule has 120 valence electrons. The number of hydrogen-bond acceptors (Lipinski definition) is 6. The van der Waals surface area contributed by atoms with Crippen molar-refractivity contribution in [3.63, 3.8) is 0 Å². The third-order valence-electron chi connectivity index (χ3n) is 3.09. The van der Waals surface area contributed by atoms with E-state index in [1.165, 1.54) is 0 Å². The van der Waals surface area contributed by atoms with Gasteiger partial charge in [-0.3, -0.25) is 5.41 Å². The van der Waals surface area contributed by atoms with Crippen molar-refractivity contribution in [2.24, 2.45) is 5.73 Å². The SMILES string of the molecule is N=C(N)c1ccc(Nc2nc(Cl)nc(Nc3ccccc3)n2)cc1. The minimum Gasteiger partial charge on any atom is -0.384 e. The van der Waals surface area contributed by atoms with Crippen LogP contribution in [0, 0.1) is 5.41 Å². The van der Waals surface area contributed by atoms with E-state index in [-0.39, 0.29) is 11.1 Å². The maximum absolute atomic E-state index is 7.39. The second-order valence-corrected chi connectivity index (χ2v) is 5.20. The Morgan fingerprint density at radius 3 is 1.92 bits per heavy atom. The first kappa shape index (κ1) is 15.7. The Balaban J connectivity index is 1.79. The van der Waals surface area contributed by atoms with E-state index in [1.54, 1.807) is 24.3 Å². The highest BCUT2D eigenvalue weighted by Gasteiger charge is 2.06. The molecule has 7 nitrogen and oxygen atoms in total. The van der Waals surface area contributed by atoms with Crippen molar-refractivity contribution in [2.45, 2.75) is 0 Å². The van der Waals surface area contributed by atoms with E-state index in [1.807, 2.05) is 30.3 Å². The Morgan fingerprint density at radius 1 is 0.833 bits per heavy atom. The topological polar surface area (TPSA) is 113 Å². The molecule has 0 fully saturated rings. The summed E-state index contributed by atoms with van der Waals surface area (Å²) >= 11 is 5.96. The van der Waals surface area contributed by atoms with Crippen LogP contribution in [0.4, 0.5) is 23.3 Å². The molecule has 2 aromatic carbocycles.